The van der Waals surface area contributed by atoms with Gasteiger partial charge < -0.3 is 4.74 Å². The summed E-state index contributed by atoms with van der Waals surface area (Å²) in [6.45, 7) is 0. The number of hydrazine groups is 1. The van der Waals surface area contributed by atoms with Crippen LogP contribution in [0.4, 0.5) is 8.78 Å². The molecule has 1 aromatic rings. The zero-order valence-electron chi connectivity index (χ0n) is 9.18. The van der Waals surface area contributed by atoms with Gasteiger partial charge in [0.05, 0.1) is 4.90 Å². The predicted molar refractivity (Wildman–Crippen MR) is 57.5 cm³/mol. The molecule has 0 aliphatic rings. The molecule has 9 heteroatoms. The summed E-state index contributed by atoms with van der Waals surface area (Å²) in [5, 5.41) is 0. The number of carbonyl (C=O) groups is 1. The molecule has 0 fully saturated rings. The van der Waals surface area contributed by atoms with Crippen molar-refractivity contribution >= 4 is 15.7 Å². The minimum absolute atomic E-state index is 0.205. The van der Waals surface area contributed by atoms with Gasteiger partial charge in [0.2, 0.25) is 0 Å². The minimum Gasteiger partial charge on any atom is -0.425 e. The van der Waals surface area contributed by atoms with E-state index in [1.54, 1.807) is 0 Å². The van der Waals surface area contributed by atoms with E-state index < -0.39 is 27.6 Å². The number of sulfone groups is 1. The van der Waals surface area contributed by atoms with E-state index in [-0.39, 0.29) is 4.90 Å². The molecular formula is C9H10F2N2O4S. The number of hydrogen-bond donors (Lipinski definition) is 2. The Hall–Kier alpha value is -1.74. The first-order valence-electron chi connectivity index (χ1n) is 4.55. The summed E-state index contributed by atoms with van der Waals surface area (Å²) in [6, 6.07) is 4.39. The van der Waals surface area contributed by atoms with Crippen LogP contribution in [0.1, 0.15) is 0 Å². The van der Waals surface area contributed by atoms with E-state index in [0.29, 0.717) is 0 Å². The van der Waals surface area contributed by atoms with Crippen LogP contribution in [0.2, 0.25) is 0 Å². The minimum atomic E-state index is -4.19. The fourth-order valence-corrected chi connectivity index (χ4v) is 1.70. The molecule has 0 saturated heterocycles. The number of carbonyl (C=O) groups excluding carboxylic acids is 1. The van der Waals surface area contributed by atoms with Crippen LogP contribution < -0.4 is 16.0 Å². The molecule has 0 bridgehead atoms. The molecule has 0 aromatic heterocycles. The van der Waals surface area contributed by atoms with Crippen molar-refractivity contribution in [1.29, 1.82) is 0 Å². The lowest BCUT2D eigenvalue weighted by Gasteiger charge is -2.16. The molecule has 0 unspecified atom stereocenters. The first kappa shape index (κ1) is 14.3. The largest absolute Gasteiger partial charge is 0.483 e. The highest BCUT2D eigenvalue weighted by Gasteiger charge is 2.41. The maximum absolute atomic E-state index is 13.1. The van der Waals surface area contributed by atoms with Gasteiger partial charge in [0.1, 0.15) is 5.75 Å². The van der Waals surface area contributed by atoms with Crippen molar-refractivity contribution in [3.05, 3.63) is 24.3 Å². The van der Waals surface area contributed by atoms with Gasteiger partial charge in [-0.15, -0.1) is 0 Å². The SMILES string of the molecule is CS(=O)(=O)c1cccc(OC(F)(F)C(=O)NN)c1. The second kappa shape index (κ2) is 4.86. The Kier molecular flexibility index (Phi) is 3.87. The number of amides is 1. The van der Waals surface area contributed by atoms with Crippen LogP contribution in [0.25, 0.3) is 0 Å². The van der Waals surface area contributed by atoms with E-state index in [0.717, 1.165) is 18.4 Å². The summed E-state index contributed by atoms with van der Waals surface area (Å²) in [5.41, 5.74) is 1.24. The maximum Gasteiger partial charge on any atom is 0.483 e. The third kappa shape index (κ3) is 3.37. The van der Waals surface area contributed by atoms with Crippen molar-refractivity contribution in [2.24, 2.45) is 5.84 Å². The number of ether oxygens (including phenoxy) is 1. The second-order valence-electron chi connectivity index (χ2n) is 3.34. The number of rotatable bonds is 4. The summed E-state index contributed by atoms with van der Waals surface area (Å²) >= 11 is 0. The van der Waals surface area contributed by atoms with Crippen LogP contribution in [0.15, 0.2) is 29.2 Å². The average Bonchev–Trinajstić information content (AvgIpc) is 2.26. The molecule has 18 heavy (non-hydrogen) atoms. The van der Waals surface area contributed by atoms with Crippen LogP contribution in [0.3, 0.4) is 0 Å². The zero-order chi connectivity index (χ0) is 14.0. The van der Waals surface area contributed by atoms with Crippen molar-refractivity contribution in [2.75, 3.05) is 6.26 Å². The van der Waals surface area contributed by atoms with Gasteiger partial charge in [0.25, 0.3) is 0 Å². The predicted octanol–water partition coefficient (Wildman–Crippen LogP) is 0.0516. The molecule has 0 heterocycles. The molecule has 0 spiro atoms. The second-order valence-corrected chi connectivity index (χ2v) is 5.36. The molecule has 0 aliphatic heterocycles. The molecule has 0 aliphatic carbocycles. The lowest BCUT2D eigenvalue weighted by molar-refractivity contribution is -0.192. The Labute approximate surface area is 102 Å². The van der Waals surface area contributed by atoms with Crippen molar-refractivity contribution in [1.82, 2.24) is 5.43 Å². The Balaban J connectivity index is 3.03. The third-order valence-corrected chi connectivity index (χ3v) is 2.99. The molecule has 6 nitrogen and oxygen atoms in total. The fourth-order valence-electron chi connectivity index (χ4n) is 1.05. The summed E-state index contributed by atoms with van der Waals surface area (Å²) in [6.07, 6.45) is -3.28. The van der Waals surface area contributed by atoms with Crippen molar-refractivity contribution in [3.8, 4) is 5.75 Å². The number of alkyl halides is 2. The number of nitrogens with one attached hydrogen (secondary N) is 1. The van der Waals surface area contributed by atoms with Crippen LogP contribution in [0, 0.1) is 0 Å². The van der Waals surface area contributed by atoms with Crippen LogP contribution >= 0.6 is 0 Å². The molecule has 1 rings (SSSR count). The van der Waals surface area contributed by atoms with Gasteiger partial charge in [-0.2, -0.15) is 8.78 Å². The van der Waals surface area contributed by atoms with E-state index in [4.69, 9.17) is 0 Å². The normalized spacial score (nSPS) is 12.0. The van der Waals surface area contributed by atoms with Crippen molar-refractivity contribution in [2.45, 2.75) is 11.0 Å². The highest BCUT2D eigenvalue weighted by Crippen LogP contribution is 2.24. The molecule has 1 amide bonds. The van der Waals surface area contributed by atoms with Gasteiger partial charge in [-0.25, -0.2) is 14.3 Å². The van der Waals surface area contributed by atoms with Crippen LogP contribution in [-0.4, -0.2) is 26.7 Å². The van der Waals surface area contributed by atoms with Crippen molar-refractivity contribution in [3.63, 3.8) is 0 Å². The number of halogens is 2. The lowest BCUT2D eigenvalue weighted by atomic mass is 10.3. The average molecular weight is 280 g/mol. The third-order valence-electron chi connectivity index (χ3n) is 1.88. The summed E-state index contributed by atoms with van der Waals surface area (Å²) < 4.78 is 52.6. The van der Waals surface area contributed by atoms with Gasteiger partial charge in [-0.1, -0.05) is 6.07 Å². The highest BCUT2D eigenvalue weighted by atomic mass is 32.2. The first-order chi connectivity index (χ1) is 8.16. The summed E-state index contributed by atoms with van der Waals surface area (Å²) in [5.74, 6) is 2.25. The van der Waals surface area contributed by atoms with Crippen LogP contribution in [-0.2, 0) is 14.6 Å². The van der Waals surface area contributed by atoms with E-state index in [2.05, 4.69) is 10.6 Å². The molecule has 100 valence electrons. The van der Waals surface area contributed by atoms with E-state index in [9.17, 15) is 22.0 Å². The smallest absolute Gasteiger partial charge is 0.425 e. The molecule has 0 radical (unpaired) electrons. The summed E-state index contributed by atoms with van der Waals surface area (Å²) in [4.78, 5) is 10.5. The molecule has 0 saturated carbocycles. The lowest BCUT2D eigenvalue weighted by Crippen LogP contribution is -2.47. The van der Waals surface area contributed by atoms with Crippen LogP contribution in [0.5, 0.6) is 5.75 Å². The number of nitrogens with two attached hydrogens (primary N) is 1. The number of benzene rings is 1. The zero-order valence-corrected chi connectivity index (χ0v) is 10.0. The molecule has 0 atom stereocenters. The highest BCUT2D eigenvalue weighted by molar-refractivity contribution is 7.90. The monoisotopic (exact) mass is 280 g/mol. The number of hydrogen-bond acceptors (Lipinski definition) is 5. The summed E-state index contributed by atoms with van der Waals surface area (Å²) in [7, 11) is -3.56. The van der Waals surface area contributed by atoms with Crippen molar-refractivity contribution < 1.29 is 26.7 Å². The van der Waals surface area contributed by atoms with Gasteiger partial charge >= 0.3 is 12.0 Å². The maximum atomic E-state index is 13.1. The Morgan fingerprint density at radius 2 is 2.06 bits per heavy atom. The Morgan fingerprint density at radius 3 is 2.56 bits per heavy atom. The fraction of sp³-hybridized carbons (Fsp3) is 0.222. The Morgan fingerprint density at radius 1 is 1.44 bits per heavy atom. The topological polar surface area (TPSA) is 98.5 Å². The van der Waals surface area contributed by atoms with Gasteiger partial charge in [-0.05, 0) is 18.2 Å². The van der Waals surface area contributed by atoms with E-state index in [1.807, 2.05) is 0 Å². The molecule has 1 aromatic carbocycles. The Bertz CT molecular complexity index is 559. The molecule has 3 N–H and O–H groups in total. The molecular weight excluding hydrogens is 270 g/mol. The quantitative estimate of drug-likeness (QED) is 0.461. The van der Waals surface area contributed by atoms with Gasteiger partial charge in [0.15, 0.2) is 9.84 Å². The van der Waals surface area contributed by atoms with Gasteiger partial charge in [0, 0.05) is 6.26 Å². The van der Waals surface area contributed by atoms with Gasteiger partial charge in [-0.3, -0.25) is 10.2 Å². The van der Waals surface area contributed by atoms with E-state index >= 15 is 0 Å². The standard InChI is InChI=1S/C9H10F2N2O4S/c1-18(15,16)7-4-2-3-6(5-7)17-9(10,11)8(14)13-12/h2-5H,12H2,1H3,(H,13,14). The van der Waals surface area contributed by atoms with E-state index in [1.165, 1.54) is 17.6 Å². The first-order valence-corrected chi connectivity index (χ1v) is 6.44.